The summed E-state index contributed by atoms with van der Waals surface area (Å²) in [5.41, 5.74) is 15.8. The maximum absolute atomic E-state index is 6.33. The maximum atomic E-state index is 6.33. The Kier molecular flexibility index (Phi) is 3.18. The molecule has 4 aromatic carbocycles. The Morgan fingerprint density at radius 3 is 2.46 bits per heavy atom. The molecule has 0 fully saturated rings. The van der Waals surface area contributed by atoms with E-state index in [0.29, 0.717) is 5.96 Å². The molecule has 0 atom stereocenters. The van der Waals surface area contributed by atoms with Gasteiger partial charge in [0, 0.05) is 10.8 Å². The molecule has 0 radical (unpaired) electrons. The average Bonchev–Trinajstić information content (AvgIpc) is 3.29. The Hall–Kier alpha value is -3.53. The summed E-state index contributed by atoms with van der Waals surface area (Å²) in [6.07, 6.45) is 2.23. The summed E-state index contributed by atoms with van der Waals surface area (Å²) < 4.78 is 0. The molecular formula is C24H20N4. The van der Waals surface area contributed by atoms with E-state index in [1.165, 1.54) is 38.2 Å². The number of hydrogen-bond donors (Lipinski definition) is 2. The molecule has 136 valence electrons. The van der Waals surface area contributed by atoms with Gasteiger partial charge in [-0.1, -0.05) is 54.6 Å². The van der Waals surface area contributed by atoms with Crippen molar-refractivity contribution in [2.75, 3.05) is 5.01 Å². The monoisotopic (exact) mass is 364 g/mol. The zero-order valence-corrected chi connectivity index (χ0v) is 15.4. The van der Waals surface area contributed by atoms with Gasteiger partial charge in [0.25, 0.3) is 0 Å². The highest BCUT2D eigenvalue weighted by atomic mass is 15.5. The number of aryl methyl sites for hydroxylation is 2. The van der Waals surface area contributed by atoms with Gasteiger partial charge in [-0.2, -0.15) is 0 Å². The number of hydrogen-bond acceptors (Lipinski definition) is 2. The Bertz CT molecular complexity index is 1270. The van der Waals surface area contributed by atoms with Gasteiger partial charge in [0.15, 0.2) is 0 Å². The van der Waals surface area contributed by atoms with Gasteiger partial charge in [-0.05, 0) is 52.4 Å². The van der Waals surface area contributed by atoms with Crippen LogP contribution in [0.15, 0.2) is 71.7 Å². The minimum atomic E-state index is 0.406. The van der Waals surface area contributed by atoms with Gasteiger partial charge in [-0.3, -0.25) is 10.4 Å². The highest BCUT2D eigenvalue weighted by Crippen LogP contribution is 2.37. The van der Waals surface area contributed by atoms with Gasteiger partial charge < -0.3 is 5.73 Å². The van der Waals surface area contributed by atoms with Gasteiger partial charge in [0.05, 0.1) is 17.9 Å². The fourth-order valence-electron chi connectivity index (χ4n) is 4.73. The van der Waals surface area contributed by atoms with Crippen LogP contribution in [0.1, 0.15) is 16.7 Å². The minimum absolute atomic E-state index is 0.406. The van der Waals surface area contributed by atoms with Gasteiger partial charge in [0.2, 0.25) is 5.96 Å². The third-order valence-electron chi connectivity index (χ3n) is 5.93. The minimum Gasteiger partial charge on any atom is -0.368 e. The Morgan fingerprint density at radius 2 is 1.57 bits per heavy atom. The van der Waals surface area contributed by atoms with Crippen LogP contribution in [0.5, 0.6) is 0 Å². The molecule has 0 saturated heterocycles. The summed E-state index contributed by atoms with van der Waals surface area (Å²) in [6, 6.07) is 23.5. The van der Waals surface area contributed by atoms with Crippen molar-refractivity contribution in [1.29, 1.82) is 0 Å². The number of nitrogens with two attached hydrogens (primary N) is 1. The standard InChI is InChI=1S/C24H20N4/c25-24(26-20-13-12-17-11-10-16-5-2-8-19(20)22(16)17)27-28-14-18-7-1-4-15-6-3-9-21(28)23(15)18/h1-9,12-13H,10-11,14H2,(H3,25,26,27). The van der Waals surface area contributed by atoms with Crippen molar-refractivity contribution in [3.8, 4) is 0 Å². The summed E-state index contributed by atoms with van der Waals surface area (Å²) in [5.74, 6) is 0.406. The van der Waals surface area contributed by atoms with E-state index < -0.39 is 0 Å². The van der Waals surface area contributed by atoms with E-state index in [-0.39, 0.29) is 0 Å². The fourth-order valence-corrected chi connectivity index (χ4v) is 4.73. The van der Waals surface area contributed by atoms with Crippen LogP contribution in [0.3, 0.4) is 0 Å². The van der Waals surface area contributed by atoms with E-state index in [0.717, 1.165) is 30.8 Å². The summed E-state index contributed by atoms with van der Waals surface area (Å²) in [4.78, 5) is 4.73. The molecule has 0 spiro atoms. The summed E-state index contributed by atoms with van der Waals surface area (Å²) in [7, 11) is 0. The summed E-state index contributed by atoms with van der Waals surface area (Å²) in [6.45, 7) is 0.775. The molecular weight excluding hydrogens is 344 g/mol. The first kappa shape index (κ1) is 15.5. The molecule has 4 nitrogen and oxygen atoms in total. The second kappa shape index (κ2) is 5.73. The number of rotatable bonds is 2. The van der Waals surface area contributed by atoms with Crippen LogP contribution in [-0.2, 0) is 19.4 Å². The smallest absolute Gasteiger partial charge is 0.213 e. The first-order chi connectivity index (χ1) is 13.8. The second-order valence-electron chi connectivity index (χ2n) is 7.57. The zero-order chi connectivity index (χ0) is 18.7. The highest BCUT2D eigenvalue weighted by Gasteiger charge is 2.21. The Labute approximate surface area is 163 Å². The first-order valence-corrected chi connectivity index (χ1v) is 9.70. The number of anilines is 1. The third-order valence-corrected chi connectivity index (χ3v) is 5.93. The van der Waals surface area contributed by atoms with Crippen molar-refractivity contribution in [1.82, 2.24) is 5.43 Å². The van der Waals surface area contributed by atoms with Crippen molar-refractivity contribution in [2.45, 2.75) is 19.4 Å². The number of nitrogens with zero attached hydrogens (tertiary/aromatic N) is 2. The number of benzene rings is 4. The molecule has 3 N–H and O–H groups in total. The molecule has 0 saturated carbocycles. The van der Waals surface area contributed by atoms with Gasteiger partial charge in [-0.25, -0.2) is 4.99 Å². The van der Waals surface area contributed by atoms with Gasteiger partial charge in [0.1, 0.15) is 0 Å². The fraction of sp³-hybridized carbons (Fsp3) is 0.125. The highest BCUT2D eigenvalue weighted by molar-refractivity contribution is 6.02. The lowest BCUT2D eigenvalue weighted by Crippen LogP contribution is -2.44. The predicted molar refractivity (Wildman–Crippen MR) is 116 cm³/mol. The number of guanidine groups is 1. The van der Waals surface area contributed by atoms with E-state index in [9.17, 15) is 0 Å². The van der Waals surface area contributed by atoms with E-state index in [1.54, 1.807) is 0 Å². The third kappa shape index (κ3) is 2.21. The molecule has 0 unspecified atom stereocenters. The van der Waals surface area contributed by atoms with Crippen molar-refractivity contribution in [2.24, 2.45) is 10.7 Å². The Morgan fingerprint density at radius 1 is 0.821 bits per heavy atom. The molecule has 4 heteroatoms. The van der Waals surface area contributed by atoms with E-state index in [1.807, 2.05) is 0 Å². The summed E-state index contributed by atoms with van der Waals surface area (Å²) >= 11 is 0. The van der Waals surface area contributed by atoms with E-state index in [4.69, 9.17) is 10.7 Å². The molecule has 0 bridgehead atoms. The predicted octanol–water partition coefficient (Wildman–Crippen LogP) is 4.56. The zero-order valence-electron chi connectivity index (χ0n) is 15.4. The van der Waals surface area contributed by atoms with Crippen LogP contribution in [0.4, 0.5) is 11.4 Å². The quantitative estimate of drug-likeness (QED) is 0.405. The van der Waals surface area contributed by atoms with Crippen LogP contribution < -0.4 is 16.2 Å². The second-order valence-corrected chi connectivity index (χ2v) is 7.57. The topological polar surface area (TPSA) is 53.6 Å². The largest absolute Gasteiger partial charge is 0.368 e. The van der Waals surface area contributed by atoms with Crippen LogP contribution in [-0.4, -0.2) is 5.96 Å². The van der Waals surface area contributed by atoms with Crippen LogP contribution >= 0.6 is 0 Å². The number of hydrazine groups is 1. The van der Waals surface area contributed by atoms with Crippen molar-refractivity contribution in [3.05, 3.63) is 83.4 Å². The van der Waals surface area contributed by atoms with Crippen molar-refractivity contribution >= 4 is 38.9 Å². The SMILES string of the molecule is NC(=Nc1ccc2c3c(cccc13)CC2)NN1Cc2cccc3cccc1c23. The Balaban J connectivity index is 1.37. The lowest BCUT2D eigenvalue weighted by atomic mass is 10.0. The molecule has 0 aromatic heterocycles. The maximum Gasteiger partial charge on any atom is 0.213 e. The normalized spacial score (nSPS) is 15.0. The van der Waals surface area contributed by atoms with Gasteiger partial charge >= 0.3 is 0 Å². The van der Waals surface area contributed by atoms with Crippen molar-refractivity contribution < 1.29 is 0 Å². The number of aliphatic imine (C=N–C) groups is 1. The lowest BCUT2D eigenvalue weighted by Gasteiger charge is -2.21. The number of nitrogens with one attached hydrogen (secondary N) is 1. The molecule has 0 amide bonds. The molecule has 28 heavy (non-hydrogen) atoms. The molecule has 1 heterocycles. The van der Waals surface area contributed by atoms with Crippen LogP contribution in [0.2, 0.25) is 0 Å². The molecule has 4 aromatic rings. The summed E-state index contributed by atoms with van der Waals surface area (Å²) in [5, 5.41) is 7.16. The molecule has 1 aliphatic heterocycles. The van der Waals surface area contributed by atoms with Crippen LogP contribution in [0.25, 0.3) is 21.5 Å². The molecule has 1 aliphatic carbocycles. The van der Waals surface area contributed by atoms with Gasteiger partial charge in [-0.15, -0.1) is 0 Å². The molecule has 2 aliphatic rings. The van der Waals surface area contributed by atoms with Crippen molar-refractivity contribution in [3.63, 3.8) is 0 Å². The van der Waals surface area contributed by atoms with Crippen LogP contribution in [0, 0.1) is 0 Å². The first-order valence-electron chi connectivity index (χ1n) is 9.70. The lowest BCUT2D eigenvalue weighted by molar-refractivity contribution is 0.783. The molecule has 6 rings (SSSR count). The average molecular weight is 364 g/mol. The van der Waals surface area contributed by atoms with E-state index >= 15 is 0 Å². The van der Waals surface area contributed by atoms with E-state index in [2.05, 4.69) is 77.2 Å².